The monoisotopic (exact) mass is 398 g/mol. The normalized spacial score (nSPS) is 15.7. The van der Waals surface area contributed by atoms with Crippen molar-refractivity contribution < 1.29 is 4.42 Å². The summed E-state index contributed by atoms with van der Waals surface area (Å²) in [4.78, 5) is 7.76. The van der Waals surface area contributed by atoms with Crippen LogP contribution in [-0.4, -0.2) is 31.2 Å². The van der Waals surface area contributed by atoms with Crippen LogP contribution in [0.4, 0.5) is 5.69 Å². The highest BCUT2D eigenvalue weighted by Crippen LogP contribution is 2.41. The molecule has 2 aromatic carbocycles. The summed E-state index contributed by atoms with van der Waals surface area (Å²) in [5.74, 6) is 0.896. The van der Waals surface area contributed by atoms with Gasteiger partial charge in [0, 0.05) is 29.7 Å². The lowest BCUT2D eigenvalue weighted by Crippen LogP contribution is -2.34. The second kappa shape index (κ2) is 6.83. The standard InChI is InChI=1S/C26H28N3O/c1-3-28(4-2)22-16-23-24(19-11-6-5-10-18(19)22)27-21-15-17-9-7-13-29-14-8-12-20(25(17)29)26(21)30-23/h5-6,10-11,15-16H,3-4,7-9,12-14H2,1-2H3/q+1. The van der Waals surface area contributed by atoms with E-state index in [4.69, 9.17) is 9.40 Å². The second-order valence-corrected chi connectivity index (χ2v) is 8.58. The number of aryl methyl sites for hydroxylation is 2. The van der Waals surface area contributed by atoms with Crippen LogP contribution in [-0.2, 0) is 12.8 Å². The number of hydrogen-bond acceptors (Lipinski definition) is 3. The van der Waals surface area contributed by atoms with Crippen molar-refractivity contribution in [2.24, 2.45) is 0 Å². The summed E-state index contributed by atoms with van der Waals surface area (Å²) >= 11 is 0. The fraction of sp³-hybridized carbons (Fsp3) is 0.385. The Morgan fingerprint density at radius 3 is 2.57 bits per heavy atom. The average Bonchev–Trinajstić information content (AvgIpc) is 2.79. The number of rotatable bonds is 2. The van der Waals surface area contributed by atoms with E-state index in [1.807, 2.05) is 0 Å². The molecule has 0 unspecified atom stereocenters. The van der Waals surface area contributed by atoms with Gasteiger partial charge in [0.25, 0.3) is 0 Å². The topological polar surface area (TPSA) is 32.3 Å². The SMILES string of the molecule is CC[N+](CC)=c1cc2oc3c4c5c(cc3nc-2c2ccccc12)CCCN5CCC4. The summed E-state index contributed by atoms with van der Waals surface area (Å²) in [6.07, 6.45) is 4.67. The number of anilines is 1. The van der Waals surface area contributed by atoms with E-state index in [2.05, 4.69) is 59.7 Å². The molecular weight excluding hydrogens is 370 g/mol. The summed E-state index contributed by atoms with van der Waals surface area (Å²) < 4.78 is 9.09. The lowest BCUT2D eigenvalue weighted by Gasteiger charge is -2.37. The van der Waals surface area contributed by atoms with E-state index in [9.17, 15) is 0 Å². The molecule has 4 nitrogen and oxygen atoms in total. The minimum atomic E-state index is 0.896. The zero-order chi connectivity index (χ0) is 20.2. The molecule has 0 fully saturated rings. The van der Waals surface area contributed by atoms with Crippen LogP contribution in [0.2, 0.25) is 0 Å². The van der Waals surface area contributed by atoms with Gasteiger partial charge in [-0.05, 0) is 57.2 Å². The molecule has 1 aliphatic carbocycles. The first kappa shape index (κ1) is 17.9. The van der Waals surface area contributed by atoms with Crippen LogP contribution in [0.5, 0.6) is 0 Å². The van der Waals surface area contributed by atoms with Gasteiger partial charge in [-0.1, -0.05) is 18.2 Å². The van der Waals surface area contributed by atoms with Gasteiger partial charge in [-0.25, -0.2) is 9.56 Å². The van der Waals surface area contributed by atoms with E-state index < -0.39 is 0 Å². The van der Waals surface area contributed by atoms with Crippen molar-refractivity contribution in [3.05, 3.63) is 52.9 Å². The fourth-order valence-corrected chi connectivity index (χ4v) is 5.58. The van der Waals surface area contributed by atoms with Crippen LogP contribution in [0.1, 0.15) is 37.8 Å². The molecule has 4 aliphatic rings. The maximum absolute atomic E-state index is 6.69. The van der Waals surface area contributed by atoms with Crippen LogP contribution in [0.15, 0.2) is 40.8 Å². The van der Waals surface area contributed by atoms with Crippen molar-refractivity contribution in [1.29, 1.82) is 0 Å². The highest BCUT2D eigenvalue weighted by Gasteiger charge is 2.28. The first-order chi connectivity index (χ1) is 14.8. The van der Waals surface area contributed by atoms with Crippen molar-refractivity contribution in [2.45, 2.75) is 39.5 Å². The van der Waals surface area contributed by atoms with Crippen LogP contribution in [0.25, 0.3) is 33.3 Å². The van der Waals surface area contributed by atoms with Gasteiger partial charge in [0.2, 0.25) is 5.36 Å². The van der Waals surface area contributed by atoms with Gasteiger partial charge in [0.05, 0.1) is 11.5 Å². The highest BCUT2D eigenvalue weighted by atomic mass is 16.3. The molecule has 152 valence electrons. The van der Waals surface area contributed by atoms with Crippen LogP contribution in [0.3, 0.4) is 0 Å². The molecule has 0 atom stereocenters. The summed E-state index contributed by atoms with van der Waals surface area (Å²) in [5.41, 5.74) is 7.25. The smallest absolute Gasteiger partial charge is 0.211 e. The molecule has 0 saturated carbocycles. The quantitative estimate of drug-likeness (QED) is 0.281. The number of aromatic nitrogens is 1. The van der Waals surface area contributed by atoms with E-state index in [0.717, 1.165) is 48.5 Å². The predicted octanol–water partition coefficient (Wildman–Crippen LogP) is 4.60. The molecule has 0 spiro atoms. The lowest BCUT2D eigenvalue weighted by molar-refractivity contribution is 0.586. The number of nitrogens with zero attached hydrogens (tertiary/aromatic N) is 3. The Bertz CT molecular complexity index is 1330. The van der Waals surface area contributed by atoms with E-state index >= 15 is 0 Å². The lowest BCUT2D eigenvalue weighted by atomic mass is 9.91. The molecule has 3 aliphatic heterocycles. The second-order valence-electron chi connectivity index (χ2n) is 8.58. The molecule has 30 heavy (non-hydrogen) atoms. The van der Waals surface area contributed by atoms with Gasteiger partial charge in [-0.2, -0.15) is 0 Å². The average molecular weight is 399 g/mol. The Kier molecular flexibility index (Phi) is 4.08. The van der Waals surface area contributed by atoms with Gasteiger partial charge >= 0.3 is 0 Å². The van der Waals surface area contributed by atoms with Crippen LogP contribution >= 0.6 is 0 Å². The Morgan fingerprint density at radius 2 is 1.77 bits per heavy atom. The molecule has 0 N–H and O–H groups in total. The number of hydrogen-bond donors (Lipinski definition) is 0. The minimum absolute atomic E-state index is 0.896. The Labute approximate surface area is 176 Å². The van der Waals surface area contributed by atoms with Crippen molar-refractivity contribution in [3.8, 4) is 11.5 Å². The predicted molar refractivity (Wildman–Crippen MR) is 123 cm³/mol. The maximum Gasteiger partial charge on any atom is 0.211 e. The molecule has 2 aromatic rings. The van der Waals surface area contributed by atoms with Gasteiger partial charge in [0.1, 0.15) is 24.3 Å². The Balaban J connectivity index is 1.76. The van der Waals surface area contributed by atoms with Gasteiger partial charge in [0.15, 0.2) is 11.3 Å². The zero-order valence-corrected chi connectivity index (χ0v) is 17.9. The van der Waals surface area contributed by atoms with Crippen LogP contribution < -0.4 is 14.8 Å². The minimum Gasteiger partial charge on any atom is -0.452 e. The first-order valence-electron chi connectivity index (χ1n) is 11.4. The first-order valence-corrected chi connectivity index (χ1v) is 11.4. The van der Waals surface area contributed by atoms with E-state index in [0.29, 0.717) is 0 Å². The molecule has 4 heteroatoms. The zero-order valence-electron chi connectivity index (χ0n) is 17.9. The third-order valence-electron chi connectivity index (χ3n) is 6.96. The van der Waals surface area contributed by atoms with Crippen molar-refractivity contribution in [1.82, 2.24) is 9.56 Å². The van der Waals surface area contributed by atoms with E-state index in [1.54, 1.807) is 0 Å². The highest BCUT2D eigenvalue weighted by molar-refractivity contribution is 5.97. The summed E-state index contributed by atoms with van der Waals surface area (Å²) in [6, 6.07) is 13.1. The molecule has 0 amide bonds. The summed E-state index contributed by atoms with van der Waals surface area (Å²) in [6.45, 7) is 8.71. The third-order valence-corrected chi connectivity index (χ3v) is 6.96. The number of fused-ring (bicyclic) bond motifs is 5. The molecule has 0 bridgehead atoms. The van der Waals surface area contributed by atoms with Gasteiger partial charge in [-0.15, -0.1) is 0 Å². The largest absolute Gasteiger partial charge is 0.452 e. The van der Waals surface area contributed by atoms with Crippen molar-refractivity contribution >= 4 is 27.6 Å². The van der Waals surface area contributed by atoms with E-state index in [-0.39, 0.29) is 0 Å². The maximum atomic E-state index is 6.69. The van der Waals surface area contributed by atoms with Gasteiger partial charge in [-0.3, -0.25) is 0 Å². The Morgan fingerprint density at radius 1 is 1.00 bits per heavy atom. The molecule has 6 rings (SSSR count). The summed E-state index contributed by atoms with van der Waals surface area (Å²) in [7, 11) is 0. The molecule has 3 heterocycles. The van der Waals surface area contributed by atoms with E-state index in [1.165, 1.54) is 58.9 Å². The Hall–Kier alpha value is -2.88. The molecule has 0 saturated heterocycles. The third kappa shape index (κ3) is 2.52. The molecule has 0 radical (unpaired) electrons. The van der Waals surface area contributed by atoms with Gasteiger partial charge < -0.3 is 9.32 Å². The van der Waals surface area contributed by atoms with Crippen molar-refractivity contribution in [2.75, 3.05) is 31.1 Å². The summed E-state index contributed by atoms with van der Waals surface area (Å²) in [5, 5.41) is 3.66. The molecule has 0 aromatic heterocycles. The van der Waals surface area contributed by atoms with Crippen molar-refractivity contribution in [3.63, 3.8) is 0 Å². The molecular formula is C26H28N3O+. The van der Waals surface area contributed by atoms with Crippen LogP contribution in [0, 0.1) is 0 Å². The number of benzene rings is 3. The fourth-order valence-electron chi connectivity index (χ4n) is 5.58.